The van der Waals surface area contributed by atoms with E-state index in [0.29, 0.717) is 18.8 Å². The first kappa shape index (κ1) is 9.62. The Morgan fingerprint density at radius 3 is 3.00 bits per heavy atom. The third-order valence-electron chi connectivity index (χ3n) is 2.45. The quantitative estimate of drug-likeness (QED) is 0.737. The molecule has 0 radical (unpaired) electrons. The van der Waals surface area contributed by atoms with Crippen LogP contribution in [0, 0.1) is 12.7 Å². The minimum Gasteiger partial charge on any atom is -0.378 e. The highest BCUT2D eigenvalue weighted by atomic mass is 19.1. The summed E-state index contributed by atoms with van der Waals surface area (Å²) < 4.78 is 18.8. The highest BCUT2D eigenvalue weighted by molar-refractivity contribution is 5.26. The molecule has 1 fully saturated rings. The minimum absolute atomic E-state index is 0.00403. The molecule has 0 unspecified atom stereocenters. The van der Waals surface area contributed by atoms with Crippen LogP contribution in [0.4, 0.5) is 4.39 Å². The fourth-order valence-corrected chi connectivity index (χ4v) is 1.68. The van der Waals surface area contributed by atoms with E-state index in [1.54, 1.807) is 6.07 Å². The van der Waals surface area contributed by atoms with Crippen LogP contribution in [-0.2, 0) is 4.74 Å². The van der Waals surface area contributed by atoms with Crippen molar-refractivity contribution in [1.29, 1.82) is 0 Å². The molecule has 76 valence electrons. The second-order valence-electron chi connectivity index (χ2n) is 3.61. The van der Waals surface area contributed by atoms with E-state index < -0.39 is 0 Å². The lowest BCUT2D eigenvalue weighted by atomic mass is 10.0. The van der Waals surface area contributed by atoms with Gasteiger partial charge in [0.2, 0.25) is 0 Å². The smallest absolute Gasteiger partial charge is 0.128 e. The molecule has 0 saturated carbocycles. The molecular formula is C11H14FNO. The lowest BCUT2D eigenvalue weighted by molar-refractivity contribution is 0.0757. The number of hydrogen-bond acceptors (Lipinski definition) is 2. The Morgan fingerprint density at radius 2 is 2.36 bits per heavy atom. The molecule has 1 aliphatic rings. The van der Waals surface area contributed by atoms with Crippen LogP contribution >= 0.6 is 0 Å². The van der Waals surface area contributed by atoms with Crippen LogP contribution in [0.5, 0.6) is 0 Å². The molecule has 0 aliphatic carbocycles. The molecular weight excluding hydrogens is 181 g/mol. The summed E-state index contributed by atoms with van der Waals surface area (Å²) in [4.78, 5) is 0. The van der Waals surface area contributed by atoms with Crippen LogP contribution in [0.25, 0.3) is 0 Å². The maximum atomic E-state index is 13.5. The minimum atomic E-state index is -0.145. The number of nitrogens with one attached hydrogen (secondary N) is 1. The fourth-order valence-electron chi connectivity index (χ4n) is 1.68. The zero-order chi connectivity index (χ0) is 9.97. The number of ether oxygens (including phenoxy) is 1. The Balaban J connectivity index is 2.22. The van der Waals surface area contributed by atoms with Gasteiger partial charge in [0.1, 0.15) is 5.82 Å². The van der Waals surface area contributed by atoms with Crippen LogP contribution in [-0.4, -0.2) is 19.8 Å². The SMILES string of the molecule is Cc1ccc([C@H]2COCCN2)c(F)c1. The summed E-state index contributed by atoms with van der Waals surface area (Å²) in [5.41, 5.74) is 1.65. The monoisotopic (exact) mass is 195 g/mol. The standard InChI is InChI=1S/C11H14FNO/c1-8-2-3-9(10(12)6-8)11-7-14-5-4-13-11/h2-3,6,11,13H,4-5,7H2,1H3/t11-/m1/s1. The van der Waals surface area contributed by atoms with Gasteiger partial charge in [0.15, 0.2) is 0 Å². The van der Waals surface area contributed by atoms with Gasteiger partial charge in [0.25, 0.3) is 0 Å². The molecule has 0 aromatic heterocycles. The van der Waals surface area contributed by atoms with Crippen LogP contribution in [0.3, 0.4) is 0 Å². The maximum absolute atomic E-state index is 13.5. The Morgan fingerprint density at radius 1 is 1.50 bits per heavy atom. The predicted octanol–water partition coefficient (Wildman–Crippen LogP) is 1.80. The summed E-state index contributed by atoms with van der Waals surface area (Å²) in [6.07, 6.45) is 0. The normalized spacial score (nSPS) is 22.3. The van der Waals surface area contributed by atoms with Gasteiger partial charge in [-0.15, -0.1) is 0 Å². The van der Waals surface area contributed by atoms with Gasteiger partial charge < -0.3 is 10.1 Å². The van der Waals surface area contributed by atoms with Gasteiger partial charge in [0.05, 0.1) is 19.3 Å². The molecule has 14 heavy (non-hydrogen) atoms. The summed E-state index contributed by atoms with van der Waals surface area (Å²) >= 11 is 0. The number of halogens is 1. The highest BCUT2D eigenvalue weighted by Gasteiger charge is 2.18. The molecule has 2 nitrogen and oxygen atoms in total. The molecule has 1 heterocycles. The average Bonchev–Trinajstić information content (AvgIpc) is 2.19. The van der Waals surface area contributed by atoms with Crippen molar-refractivity contribution >= 4 is 0 Å². The number of benzene rings is 1. The van der Waals surface area contributed by atoms with E-state index >= 15 is 0 Å². The predicted molar refractivity (Wildman–Crippen MR) is 52.7 cm³/mol. The van der Waals surface area contributed by atoms with E-state index in [1.807, 2.05) is 19.1 Å². The largest absolute Gasteiger partial charge is 0.378 e. The lowest BCUT2D eigenvalue weighted by Crippen LogP contribution is -2.35. The van der Waals surface area contributed by atoms with Crippen molar-refractivity contribution in [2.45, 2.75) is 13.0 Å². The summed E-state index contributed by atoms with van der Waals surface area (Å²) in [6.45, 7) is 3.94. The zero-order valence-corrected chi connectivity index (χ0v) is 8.22. The van der Waals surface area contributed by atoms with E-state index in [4.69, 9.17) is 4.74 Å². The summed E-state index contributed by atoms with van der Waals surface area (Å²) in [6, 6.07) is 5.32. The van der Waals surface area contributed by atoms with Gasteiger partial charge in [-0.2, -0.15) is 0 Å². The third-order valence-corrected chi connectivity index (χ3v) is 2.45. The number of hydrogen-bond donors (Lipinski definition) is 1. The summed E-state index contributed by atoms with van der Waals surface area (Å²) in [5, 5.41) is 3.23. The molecule has 0 amide bonds. The van der Waals surface area contributed by atoms with Crippen molar-refractivity contribution in [2.75, 3.05) is 19.8 Å². The van der Waals surface area contributed by atoms with Crippen LogP contribution in [0.1, 0.15) is 17.2 Å². The first-order valence-electron chi connectivity index (χ1n) is 4.84. The van der Waals surface area contributed by atoms with Crippen LogP contribution < -0.4 is 5.32 Å². The molecule has 0 bridgehead atoms. The molecule has 1 saturated heterocycles. The molecule has 0 spiro atoms. The van der Waals surface area contributed by atoms with Crippen molar-refractivity contribution in [1.82, 2.24) is 5.32 Å². The molecule has 2 rings (SSSR count). The number of aryl methyl sites for hydroxylation is 1. The fraction of sp³-hybridized carbons (Fsp3) is 0.455. The van der Waals surface area contributed by atoms with E-state index in [-0.39, 0.29) is 11.9 Å². The van der Waals surface area contributed by atoms with Gasteiger partial charge in [0, 0.05) is 12.1 Å². The highest BCUT2D eigenvalue weighted by Crippen LogP contribution is 2.19. The number of rotatable bonds is 1. The Bertz CT molecular complexity index is 321. The van der Waals surface area contributed by atoms with Crippen LogP contribution in [0.2, 0.25) is 0 Å². The van der Waals surface area contributed by atoms with Crippen molar-refractivity contribution in [3.63, 3.8) is 0 Å². The van der Waals surface area contributed by atoms with Crippen LogP contribution in [0.15, 0.2) is 18.2 Å². The Kier molecular flexibility index (Phi) is 2.79. The maximum Gasteiger partial charge on any atom is 0.128 e. The van der Waals surface area contributed by atoms with Gasteiger partial charge in [-0.05, 0) is 18.6 Å². The van der Waals surface area contributed by atoms with E-state index in [0.717, 1.165) is 12.1 Å². The Labute approximate surface area is 83.1 Å². The van der Waals surface area contributed by atoms with Gasteiger partial charge in [-0.1, -0.05) is 12.1 Å². The van der Waals surface area contributed by atoms with Crippen molar-refractivity contribution in [3.05, 3.63) is 35.1 Å². The summed E-state index contributed by atoms with van der Waals surface area (Å²) in [7, 11) is 0. The second kappa shape index (κ2) is 4.07. The van der Waals surface area contributed by atoms with Gasteiger partial charge in [-0.25, -0.2) is 4.39 Å². The average molecular weight is 195 g/mol. The molecule has 1 atom stereocenters. The number of morpholine rings is 1. The van der Waals surface area contributed by atoms with Crippen molar-refractivity contribution < 1.29 is 9.13 Å². The first-order valence-corrected chi connectivity index (χ1v) is 4.84. The molecule has 3 heteroatoms. The zero-order valence-electron chi connectivity index (χ0n) is 8.22. The van der Waals surface area contributed by atoms with Gasteiger partial charge >= 0.3 is 0 Å². The molecule has 1 aromatic carbocycles. The van der Waals surface area contributed by atoms with Gasteiger partial charge in [-0.3, -0.25) is 0 Å². The molecule has 1 aromatic rings. The lowest BCUT2D eigenvalue weighted by Gasteiger charge is -2.24. The van der Waals surface area contributed by atoms with E-state index in [9.17, 15) is 4.39 Å². The third kappa shape index (κ3) is 1.94. The van der Waals surface area contributed by atoms with Crippen molar-refractivity contribution in [3.8, 4) is 0 Å². The molecule has 1 aliphatic heterocycles. The Hall–Kier alpha value is -0.930. The van der Waals surface area contributed by atoms with E-state index in [1.165, 1.54) is 0 Å². The first-order chi connectivity index (χ1) is 6.77. The topological polar surface area (TPSA) is 21.3 Å². The van der Waals surface area contributed by atoms with E-state index in [2.05, 4.69) is 5.32 Å². The van der Waals surface area contributed by atoms with Crippen molar-refractivity contribution in [2.24, 2.45) is 0 Å². The molecule has 1 N–H and O–H groups in total. The summed E-state index contributed by atoms with van der Waals surface area (Å²) in [5.74, 6) is -0.145. The second-order valence-corrected chi connectivity index (χ2v) is 3.61.